The number of nitroso groups, excluding NO2 is 1. The highest BCUT2D eigenvalue weighted by atomic mass is 16.3. The smallest absolute Gasteiger partial charge is 0.114 e. The van der Waals surface area contributed by atoms with Crippen molar-refractivity contribution in [3.63, 3.8) is 0 Å². The first-order valence-corrected chi connectivity index (χ1v) is 6.03. The molecule has 0 aliphatic rings. The SMILES string of the molecule is CC(N=O)c1ccc2ccc3ccccc3c2c1. The lowest BCUT2D eigenvalue weighted by Gasteiger charge is -2.08. The molecule has 3 aromatic carbocycles. The van der Waals surface area contributed by atoms with Crippen LogP contribution in [0.15, 0.2) is 59.8 Å². The van der Waals surface area contributed by atoms with Crippen LogP contribution in [0.3, 0.4) is 0 Å². The minimum absolute atomic E-state index is 0.298. The first-order chi connectivity index (χ1) is 8.79. The van der Waals surface area contributed by atoms with Crippen LogP contribution in [0.1, 0.15) is 18.5 Å². The monoisotopic (exact) mass is 235 g/mol. The van der Waals surface area contributed by atoms with Crippen molar-refractivity contribution >= 4 is 21.5 Å². The van der Waals surface area contributed by atoms with E-state index in [0.717, 1.165) is 5.56 Å². The second kappa shape index (κ2) is 4.22. The van der Waals surface area contributed by atoms with Crippen molar-refractivity contribution < 1.29 is 0 Å². The Bertz CT molecular complexity index is 733. The molecule has 0 radical (unpaired) electrons. The predicted octanol–water partition coefficient (Wildman–Crippen LogP) is 4.82. The quantitative estimate of drug-likeness (QED) is 0.462. The van der Waals surface area contributed by atoms with Gasteiger partial charge in [0.25, 0.3) is 0 Å². The molecule has 0 fully saturated rings. The van der Waals surface area contributed by atoms with Gasteiger partial charge in [0.2, 0.25) is 0 Å². The summed E-state index contributed by atoms with van der Waals surface area (Å²) in [6.07, 6.45) is 0. The van der Waals surface area contributed by atoms with Crippen molar-refractivity contribution in [2.45, 2.75) is 13.0 Å². The second-order valence-electron chi connectivity index (χ2n) is 4.55. The molecule has 1 atom stereocenters. The molecule has 2 nitrogen and oxygen atoms in total. The number of fused-ring (bicyclic) bond motifs is 3. The van der Waals surface area contributed by atoms with E-state index in [1.807, 2.05) is 25.1 Å². The average Bonchev–Trinajstić information content (AvgIpc) is 2.45. The summed E-state index contributed by atoms with van der Waals surface area (Å²) in [6.45, 7) is 1.82. The standard InChI is InChI=1S/C16H13NO/c1-11(17-18)14-9-8-13-7-6-12-4-2-3-5-15(12)16(13)10-14/h2-11H,1H3. The van der Waals surface area contributed by atoms with Gasteiger partial charge in [-0.05, 0) is 40.1 Å². The minimum Gasteiger partial charge on any atom is -0.150 e. The molecule has 1 unspecified atom stereocenters. The van der Waals surface area contributed by atoms with E-state index < -0.39 is 0 Å². The van der Waals surface area contributed by atoms with E-state index in [4.69, 9.17) is 0 Å². The fourth-order valence-corrected chi connectivity index (χ4v) is 2.34. The van der Waals surface area contributed by atoms with Gasteiger partial charge in [0.05, 0.1) is 0 Å². The molecule has 0 saturated carbocycles. The van der Waals surface area contributed by atoms with Gasteiger partial charge in [0, 0.05) is 0 Å². The van der Waals surface area contributed by atoms with Gasteiger partial charge in [-0.1, -0.05) is 53.7 Å². The molecule has 18 heavy (non-hydrogen) atoms. The number of hydrogen-bond donors (Lipinski definition) is 0. The summed E-state index contributed by atoms with van der Waals surface area (Å²) < 4.78 is 0. The fourth-order valence-electron chi connectivity index (χ4n) is 2.34. The molecule has 0 aromatic heterocycles. The summed E-state index contributed by atoms with van der Waals surface area (Å²) >= 11 is 0. The maximum absolute atomic E-state index is 10.7. The van der Waals surface area contributed by atoms with Gasteiger partial charge in [-0.25, -0.2) is 0 Å². The highest BCUT2D eigenvalue weighted by Gasteiger charge is 2.07. The second-order valence-corrected chi connectivity index (χ2v) is 4.55. The fraction of sp³-hybridized carbons (Fsp3) is 0.125. The Morgan fingerprint density at radius 2 is 1.56 bits per heavy atom. The Hall–Kier alpha value is -2.22. The van der Waals surface area contributed by atoms with E-state index in [2.05, 4.69) is 41.6 Å². The van der Waals surface area contributed by atoms with E-state index in [9.17, 15) is 4.91 Å². The van der Waals surface area contributed by atoms with Crippen molar-refractivity contribution in [2.24, 2.45) is 5.18 Å². The number of nitrogens with zero attached hydrogens (tertiary/aromatic N) is 1. The largest absolute Gasteiger partial charge is 0.150 e. The Balaban J connectivity index is 2.36. The molecule has 0 heterocycles. The number of hydrogen-bond acceptors (Lipinski definition) is 2. The predicted molar refractivity (Wildman–Crippen MR) is 75.7 cm³/mol. The van der Waals surface area contributed by atoms with Crippen LogP contribution in [-0.2, 0) is 0 Å². The van der Waals surface area contributed by atoms with Crippen molar-refractivity contribution in [1.29, 1.82) is 0 Å². The van der Waals surface area contributed by atoms with Crippen LogP contribution in [0.25, 0.3) is 21.5 Å². The van der Waals surface area contributed by atoms with Crippen LogP contribution in [-0.4, -0.2) is 0 Å². The normalized spacial score (nSPS) is 12.7. The van der Waals surface area contributed by atoms with Crippen molar-refractivity contribution in [2.75, 3.05) is 0 Å². The van der Waals surface area contributed by atoms with Gasteiger partial charge < -0.3 is 0 Å². The minimum atomic E-state index is -0.298. The van der Waals surface area contributed by atoms with E-state index in [-0.39, 0.29) is 6.04 Å². The molecule has 3 aromatic rings. The topological polar surface area (TPSA) is 29.4 Å². The third-order valence-corrected chi connectivity index (χ3v) is 3.41. The first kappa shape index (κ1) is 10.9. The lowest BCUT2D eigenvalue weighted by atomic mass is 9.98. The first-order valence-electron chi connectivity index (χ1n) is 6.03. The maximum Gasteiger partial charge on any atom is 0.114 e. The molecule has 0 saturated heterocycles. The highest BCUT2D eigenvalue weighted by Crippen LogP contribution is 2.28. The van der Waals surface area contributed by atoms with Crippen molar-refractivity contribution in [1.82, 2.24) is 0 Å². The highest BCUT2D eigenvalue weighted by molar-refractivity contribution is 6.07. The molecule has 88 valence electrons. The van der Waals surface area contributed by atoms with Gasteiger partial charge in [-0.3, -0.25) is 0 Å². The van der Waals surface area contributed by atoms with E-state index in [1.54, 1.807) is 0 Å². The lowest BCUT2D eigenvalue weighted by molar-refractivity contribution is 0.813. The molecule has 2 heteroatoms. The molecule has 0 aliphatic carbocycles. The molecular weight excluding hydrogens is 222 g/mol. The Morgan fingerprint density at radius 1 is 0.889 bits per heavy atom. The Labute approximate surface area is 105 Å². The summed E-state index contributed by atoms with van der Waals surface area (Å²) in [5, 5.41) is 7.90. The molecule has 0 spiro atoms. The van der Waals surface area contributed by atoms with Crippen LogP contribution in [0.4, 0.5) is 0 Å². The lowest BCUT2D eigenvalue weighted by Crippen LogP contribution is -1.88. The zero-order chi connectivity index (χ0) is 12.5. The molecule has 0 bridgehead atoms. The average molecular weight is 235 g/mol. The summed E-state index contributed by atoms with van der Waals surface area (Å²) in [5.41, 5.74) is 0.967. The van der Waals surface area contributed by atoms with Gasteiger partial charge in [0.1, 0.15) is 6.04 Å². The van der Waals surface area contributed by atoms with Gasteiger partial charge in [-0.15, -0.1) is 0 Å². The molecular formula is C16H13NO. The zero-order valence-corrected chi connectivity index (χ0v) is 10.1. The number of benzene rings is 3. The zero-order valence-electron chi connectivity index (χ0n) is 10.1. The number of rotatable bonds is 2. The van der Waals surface area contributed by atoms with Gasteiger partial charge >= 0.3 is 0 Å². The van der Waals surface area contributed by atoms with E-state index in [0.29, 0.717) is 0 Å². The summed E-state index contributed by atoms with van der Waals surface area (Å²) in [7, 11) is 0. The van der Waals surface area contributed by atoms with Gasteiger partial charge in [-0.2, -0.15) is 4.91 Å². The van der Waals surface area contributed by atoms with Crippen LogP contribution in [0.2, 0.25) is 0 Å². The Kier molecular flexibility index (Phi) is 2.56. The van der Waals surface area contributed by atoms with Crippen molar-refractivity contribution in [3.05, 3.63) is 65.1 Å². The van der Waals surface area contributed by atoms with Crippen LogP contribution in [0.5, 0.6) is 0 Å². The third-order valence-electron chi connectivity index (χ3n) is 3.41. The van der Waals surface area contributed by atoms with Crippen LogP contribution in [0, 0.1) is 4.91 Å². The molecule has 0 aliphatic heterocycles. The maximum atomic E-state index is 10.7. The van der Waals surface area contributed by atoms with Gasteiger partial charge in [0.15, 0.2) is 0 Å². The van der Waals surface area contributed by atoms with Crippen LogP contribution < -0.4 is 0 Å². The Morgan fingerprint density at radius 3 is 2.33 bits per heavy atom. The summed E-state index contributed by atoms with van der Waals surface area (Å²) in [5.74, 6) is 0. The molecule has 0 N–H and O–H groups in total. The summed E-state index contributed by atoms with van der Waals surface area (Å²) in [6, 6.07) is 18.3. The van der Waals surface area contributed by atoms with E-state index >= 15 is 0 Å². The molecule has 0 amide bonds. The van der Waals surface area contributed by atoms with Crippen molar-refractivity contribution in [3.8, 4) is 0 Å². The molecule has 3 rings (SSSR count). The summed E-state index contributed by atoms with van der Waals surface area (Å²) in [4.78, 5) is 10.7. The van der Waals surface area contributed by atoms with Crippen LogP contribution >= 0.6 is 0 Å². The third kappa shape index (κ3) is 1.66. The van der Waals surface area contributed by atoms with E-state index in [1.165, 1.54) is 21.5 Å².